The van der Waals surface area contributed by atoms with Crippen LogP contribution in [0.4, 0.5) is 0 Å². The third-order valence-corrected chi connectivity index (χ3v) is 6.22. The molecule has 0 saturated heterocycles. The summed E-state index contributed by atoms with van der Waals surface area (Å²) in [4.78, 5) is 0.224. The van der Waals surface area contributed by atoms with Gasteiger partial charge in [0.25, 0.3) is 0 Å². The van der Waals surface area contributed by atoms with E-state index in [1.54, 1.807) is 38.1 Å². The first-order chi connectivity index (χ1) is 12.1. The van der Waals surface area contributed by atoms with Crippen molar-refractivity contribution in [2.45, 2.75) is 38.2 Å². The minimum atomic E-state index is -3.75. The van der Waals surface area contributed by atoms with E-state index < -0.39 is 15.6 Å². The third kappa shape index (κ3) is 3.56. The second kappa shape index (κ2) is 6.57. The van der Waals surface area contributed by atoms with E-state index in [2.05, 4.69) is 4.72 Å². The monoisotopic (exact) mass is 377 g/mol. The molecule has 2 aromatic carbocycles. The summed E-state index contributed by atoms with van der Waals surface area (Å²) in [5.41, 5.74) is 1.75. The van der Waals surface area contributed by atoms with Gasteiger partial charge < -0.3 is 14.6 Å². The van der Waals surface area contributed by atoms with Crippen molar-refractivity contribution >= 4 is 10.0 Å². The van der Waals surface area contributed by atoms with Gasteiger partial charge in [-0.05, 0) is 68.1 Å². The molecule has 0 radical (unpaired) electrons. The smallest absolute Gasteiger partial charge is 0.240 e. The highest BCUT2D eigenvalue weighted by Gasteiger charge is 2.29. The van der Waals surface area contributed by atoms with Crippen LogP contribution in [-0.2, 0) is 15.6 Å². The van der Waals surface area contributed by atoms with E-state index in [-0.39, 0.29) is 18.2 Å². The number of hydrogen-bond acceptors (Lipinski definition) is 5. The fraction of sp³-hybridized carbons (Fsp3) is 0.368. The largest absolute Gasteiger partial charge is 0.454 e. The molecule has 2 aromatic rings. The van der Waals surface area contributed by atoms with E-state index in [4.69, 9.17) is 9.47 Å². The van der Waals surface area contributed by atoms with Crippen LogP contribution in [0.3, 0.4) is 0 Å². The molecule has 7 heteroatoms. The molecule has 0 bridgehead atoms. The Balaban J connectivity index is 1.81. The van der Waals surface area contributed by atoms with Crippen LogP contribution in [0.1, 0.15) is 29.2 Å². The Labute approximate surface area is 153 Å². The van der Waals surface area contributed by atoms with Gasteiger partial charge in [-0.1, -0.05) is 12.1 Å². The van der Waals surface area contributed by atoms with E-state index in [0.717, 1.165) is 11.1 Å². The van der Waals surface area contributed by atoms with Crippen LogP contribution in [0.2, 0.25) is 0 Å². The average molecular weight is 377 g/mol. The molecule has 0 amide bonds. The zero-order valence-corrected chi connectivity index (χ0v) is 16.1. The normalized spacial score (nSPS) is 15.7. The lowest BCUT2D eigenvalue weighted by Crippen LogP contribution is -2.38. The van der Waals surface area contributed by atoms with Crippen LogP contribution in [0.25, 0.3) is 0 Å². The summed E-state index contributed by atoms with van der Waals surface area (Å²) in [6, 6.07) is 8.57. The van der Waals surface area contributed by atoms with E-state index in [0.29, 0.717) is 22.6 Å². The number of aryl methyl sites for hydroxylation is 3. The molecule has 1 aliphatic rings. The minimum Gasteiger partial charge on any atom is -0.454 e. The van der Waals surface area contributed by atoms with Crippen molar-refractivity contribution in [2.24, 2.45) is 0 Å². The predicted molar refractivity (Wildman–Crippen MR) is 98.0 cm³/mol. The second-order valence-corrected chi connectivity index (χ2v) is 8.60. The molecule has 26 heavy (non-hydrogen) atoms. The number of aliphatic hydroxyl groups is 1. The van der Waals surface area contributed by atoms with Crippen LogP contribution in [0.5, 0.6) is 11.5 Å². The zero-order chi connectivity index (χ0) is 19.1. The van der Waals surface area contributed by atoms with E-state index in [1.807, 2.05) is 19.9 Å². The summed E-state index contributed by atoms with van der Waals surface area (Å²) < 4.78 is 38.5. The van der Waals surface area contributed by atoms with Crippen LogP contribution in [-0.4, -0.2) is 26.9 Å². The molecule has 1 atom stereocenters. The SMILES string of the molecule is Cc1cc(C)c(S(=O)(=O)NCC(C)(O)c2ccc3c(c2)OCO3)cc1C. The predicted octanol–water partition coefficient (Wildman–Crippen LogP) is 2.53. The molecule has 1 unspecified atom stereocenters. The van der Waals surface area contributed by atoms with Gasteiger partial charge in [-0.3, -0.25) is 0 Å². The minimum absolute atomic E-state index is 0.139. The van der Waals surface area contributed by atoms with Crippen LogP contribution >= 0.6 is 0 Å². The second-order valence-electron chi connectivity index (χ2n) is 6.87. The Kier molecular flexibility index (Phi) is 4.72. The van der Waals surface area contributed by atoms with Gasteiger partial charge in [0.2, 0.25) is 16.8 Å². The van der Waals surface area contributed by atoms with E-state index in [9.17, 15) is 13.5 Å². The third-order valence-electron chi connectivity index (χ3n) is 4.68. The van der Waals surface area contributed by atoms with Crippen LogP contribution in [0.15, 0.2) is 35.2 Å². The van der Waals surface area contributed by atoms with Gasteiger partial charge in [-0.25, -0.2) is 13.1 Å². The maximum absolute atomic E-state index is 12.7. The quantitative estimate of drug-likeness (QED) is 0.836. The zero-order valence-electron chi connectivity index (χ0n) is 15.3. The van der Waals surface area contributed by atoms with Gasteiger partial charge in [-0.15, -0.1) is 0 Å². The van der Waals surface area contributed by atoms with Crippen molar-refractivity contribution in [2.75, 3.05) is 13.3 Å². The molecule has 3 rings (SSSR count). The summed E-state index contributed by atoms with van der Waals surface area (Å²) in [5.74, 6) is 1.14. The molecule has 2 N–H and O–H groups in total. The first kappa shape index (κ1) is 18.7. The Morgan fingerprint density at radius 3 is 2.42 bits per heavy atom. The number of benzene rings is 2. The van der Waals surface area contributed by atoms with E-state index in [1.165, 1.54) is 0 Å². The molecule has 0 spiro atoms. The first-order valence-electron chi connectivity index (χ1n) is 8.30. The van der Waals surface area contributed by atoms with E-state index >= 15 is 0 Å². The molecule has 0 aliphatic carbocycles. The molecule has 0 saturated carbocycles. The number of ether oxygens (including phenoxy) is 2. The summed E-state index contributed by atoms with van der Waals surface area (Å²) in [7, 11) is -3.75. The number of sulfonamides is 1. The molecular weight excluding hydrogens is 354 g/mol. The maximum Gasteiger partial charge on any atom is 0.240 e. The summed E-state index contributed by atoms with van der Waals surface area (Å²) in [6.07, 6.45) is 0. The van der Waals surface area contributed by atoms with Crippen molar-refractivity contribution in [3.63, 3.8) is 0 Å². The molecule has 1 heterocycles. The summed E-state index contributed by atoms with van der Waals surface area (Å²) in [6.45, 7) is 7.10. The number of nitrogens with one attached hydrogen (secondary N) is 1. The number of hydrogen-bond donors (Lipinski definition) is 2. The highest BCUT2D eigenvalue weighted by Crippen LogP contribution is 2.35. The van der Waals surface area contributed by atoms with Crippen LogP contribution in [0, 0.1) is 20.8 Å². The fourth-order valence-electron chi connectivity index (χ4n) is 2.87. The Morgan fingerprint density at radius 1 is 1.04 bits per heavy atom. The maximum atomic E-state index is 12.7. The van der Waals surface area contributed by atoms with Crippen molar-refractivity contribution in [1.29, 1.82) is 0 Å². The highest BCUT2D eigenvalue weighted by molar-refractivity contribution is 7.89. The van der Waals surface area contributed by atoms with Crippen molar-refractivity contribution in [3.05, 3.63) is 52.6 Å². The lowest BCUT2D eigenvalue weighted by Gasteiger charge is -2.25. The molecule has 140 valence electrons. The Bertz CT molecular complexity index is 951. The van der Waals surface area contributed by atoms with Crippen molar-refractivity contribution in [1.82, 2.24) is 4.72 Å². The topological polar surface area (TPSA) is 84.9 Å². The number of fused-ring (bicyclic) bond motifs is 1. The van der Waals surface area contributed by atoms with Gasteiger partial charge in [0.05, 0.1) is 4.90 Å². The molecule has 6 nitrogen and oxygen atoms in total. The van der Waals surface area contributed by atoms with Gasteiger partial charge >= 0.3 is 0 Å². The lowest BCUT2D eigenvalue weighted by molar-refractivity contribution is 0.0625. The van der Waals surface area contributed by atoms with Crippen LogP contribution < -0.4 is 14.2 Å². The Hall–Kier alpha value is -2.09. The Morgan fingerprint density at radius 2 is 1.69 bits per heavy atom. The summed E-state index contributed by atoms with van der Waals surface area (Å²) >= 11 is 0. The van der Waals surface area contributed by atoms with Crippen molar-refractivity contribution < 1.29 is 23.0 Å². The van der Waals surface area contributed by atoms with Crippen molar-refractivity contribution in [3.8, 4) is 11.5 Å². The standard InChI is InChI=1S/C19H23NO5S/c1-12-7-14(3)18(8-13(12)2)26(22,23)20-10-19(4,21)15-5-6-16-17(9-15)25-11-24-16/h5-9,20-21H,10-11H2,1-4H3. The summed E-state index contributed by atoms with van der Waals surface area (Å²) in [5, 5.41) is 10.8. The molecular formula is C19H23NO5S. The van der Waals surface area contributed by atoms with Gasteiger partial charge in [-0.2, -0.15) is 0 Å². The molecule has 0 aromatic heterocycles. The van der Waals surface area contributed by atoms with Gasteiger partial charge in [0.15, 0.2) is 11.5 Å². The highest BCUT2D eigenvalue weighted by atomic mass is 32.2. The molecule has 0 fully saturated rings. The number of rotatable bonds is 5. The first-order valence-corrected chi connectivity index (χ1v) is 9.78. The van der Waals surface area contributed by atoms with Gasteiger partial charge in [0, 0.05) is 6.54 Å². The van der Waals surface area contributed by atoms with Gasteiger partial charge in [0.1, 0.15) is 5.60 Å². The average Bonchev–Trinajstić information content (AvgIpc) is 3.04. The fourth-order valence-corrected chi connectivity index (χ4v) is 4.31. The molecule has 1 aliphatic heterocycles. The lowest BCUT2D eigenvalue weighted by atomic mass is 9.96.